The van der Waals surface area contributed by atoms with Crippen LogP contribution in [0.4, 0.5) is 37.8 Å². The van der Waals surface area contributed by atoms with Gasteiger partial charge in [0.25, 0.3) is 5.92 Å². The second-order valence-electron chi connectivity index (χ2n) is 13.3. The summed E-state index contributed by atoms with van der Waals surface area (Å²) in [5, 5.41) is 0. The van der Waals surface area contributed by atoms with Gasteiger partial charge in [0.05, 0.1) is 31.2 Å². The van der Waals surface area contributed by atoms with E-state index in [0.717, 1.165) is 57.2 Å². The fourth-order valence-electron chi connectivity index (χ4n) is 7.11. The molecule has 3 aromatic rings. The van der Waals surface area contributed by atoms with Crippen molar-refractivity contribution < 1.29 is 31.1 Å². The Hall–Kier alpha value is -3.48. The highest BCUT2D eigenvalue weighted by molar-refractivity contribution is 6.67. The van der Waals surface area contributed by atoms with Crippen LogP contribution in [-0.4, -0.2) is 106 Å². The monoisotopic (exact) mass is 681 g/mol. The molecule has 250 valence electrons. The van der Waals surface area contributed by atoms with Gasteiger partial charge in [0, 0.05) is 18.7 Å². The summed E-state index contributed by atoms with van der Waals surface area (Å²) in [6, 6.07) is 2.33. The lowest BCUT2D eigenvalue weighted by Crippen LogP contribution is -2.56. The maximum atomic E-state index is 16.0. The Kier molecular flexibility index (Phi) is 9.86. The van der Waals surface area contributed by atoms with E-state index in [0.29, 0.717) is 13.0 Å². The van der Waals surface area contributed by atoms with E-state index < -0.39 is 48.1 Å². The number of likely N-dealkylation sites (tertiary alicyclic amines) is 1. The quantitative estimate of drug-likeness (QED) is 0.281. The molecule has 4 heterocycles. The van der Waals surface area contributed by atoms with E-state index in [9.17, 15) is 8.78 Å². The first-order chi connectivity index (χ1) is 23.5. The molecule has 17 heteroatoms. The standard InChI is InChI=1S/C33H30B5F6N5O/c1-2-47-10-7-31(8-11-47)6-3-9-48(15-31)29-18(12-19(39)20-13-45-14-22(46-20)49-16-32(40,41)17-49)4-5-21(23(29)33(42,43)44)50-30-27(37)25(35)24(34)26(36)28(30)38/h4-5,12-14H,2-3,6-11,15-17H2,1H3/b19-12-. The molecule has 0 bridgehead atoms. The predicted molar refractivity (Wildman–Crippen MR) is 188 cm³/mol. The Morgan fingerprint density at radius 3 is 2.12 bits per heavy atom. The first-order valence-electron chi connectivity index (χ1n) is 16.3. The van der Waals surface area contributed by atoms with Crippen LogP contribution in [0.1, 0.15) is 49.4 Å². The predicted octanol–water partition coefficient (Wildman–Crippen LogP) is 1.88. The van der Waals surface area contributed by atoms with Crippen LogP contribution < -0.4 is 41.9 Å². The molecule has 2 aromatic carbocycles. The Bertz CT molecular complexity index is 1780. The van der Waals surface area contributed by atoms with E-state index in [1.807, 2.05) is 0 Å². The average molecular weight is 681 g/mol. The summed E-state index contributed by atoms with van der Waals surface area (Å²) in [5.74, 6) is -4.95. The Labute approximate surface area is 294 Å². The number of alkyl halides is 5. The van der Waals surface area contributed by atoms with Gasteiger partial charge in [0.15, 0.2) is 5.83 Å². The molecule has 6 nitrogen and oxygen atoms in total. The van der Waals surface area contributed by atoms with Crippen LogP contribution in [-0.2, 0) is 6.18 Å². The number of benzene rings is 2. The van der Waals surface area contributed by atoms with Gasteiger partial charge in [-0.1, -0.05) is 17.8 Å². The zero-order valence-corrected chi connectivity index (χ0v) is 27.5. The Morgan fingerprint density at radius 2 is 1.52 bits per heavy atom. The molecular formula is C33H30B5F6N5O. The van der Waals surface area contributed by atoms with Gasteiger partial charge in [-0.15, -0.1) is 16.4 Å². The molecule has 10 radical (unpaired) electrons. The number of hydrogen-bond acceptors (Lipinski definition) is 6. The number of nitrogens with zero attached hydrogens (tertiary/aromatic N) is 5. The van der Waals surface area contributed by atoms with Crippen LogP contribution in [0.5, 0.6) is 11.5 Å². The third-order valence-electron chi connectivity index (χ3n) is 9.98. The summed E-state index contributed by atoms with van der Waals surface area (Å²) < 4.78 is 94.9. The van der Waals surface area contributed by atoms with Crippen LogP contribution >= 0.6 is 0 Å². The smallest absolute Gasteiger partial charge is 0.422 e. The summed E-state index contributed by atoms with van der Waals surface area (Å²) >= 11 is 0. The topological polar surface area (TPSA) is 44.7 Å². The van der Waals surface area contributed by atoms with Crippen LogP contribution in [0.3, 0.4) is 0 Å². The highest BCUT2D eigenvalue weighted by Crippen LogP contribution is 2.49. The van der Waals surface area contributed by atoms with Crippen LogP contribution in [0.15, 0.2) is 24.5 Å². The molecule has 3 fully saturated rings. The molecule has 3 aliphatic rings. The zero-order valence-electron chi connectivity index (χ0n) is 27.5. The fourth-order valence-corrected chi connectivity index (χ4v) is 7.11. The molecule has 1 spiro atoms. The molecule has 3 saturated heterocycles. The third kappa shape index (κ3) is 7.03. The van der Waals surface area contributed by atoms with Crippen molar-refractivity contribution in [3.63, 3.8) is 0 Å². The highest BCUT2D eigenvalue weighted by atomic mass is 19.4. The van der Waals surface area contributed by atoms with Gasteiger partial charge in [-0.2, -0.15) is 13.2 Å². The normalized spacial score (nSPS) is 19.5. The second-order valence-corrected chi connectivity index (χ2v) is 13.3. The summed E-state index contributed by atoms with van der Waals surface area (Å²) in [4.78, 5) is 13.2. The maximum Gasteiger partial charge on any atom is 0.422 e. The van der Waals surface area contributed by atoms with Crippen molar-refractivity contribution in [3.05, 3.63) is 41.3 Å². The number of hydrogen-bond donors (Lipinski definition) is 0. The van der Waals surface area contributed by atoms with Gasteiger partial charge >= 0.3 is 6.18 Å². The molecule has 0 aliphatic carbocycles. The maximum absolute atomic E-state index is 16.0. The van der Waals surface area contributed by atoms with Crippen LogP contribution in [0.2, 0.25) is 0 Å². The van der Waals surface area contributed by atoms with Crippen molar-refractivity contribution in [1.29, 1.82) is 0 Å². The third-order valence-corrected chi connectivity index (χ3v) is 9.98. The highest BCUT2D eigenvalue weighted by Gasteiger charge is 2.46. The Balaban J connectivity index is 1.48. The van der Waals surface area contributed by atoms with Gasteiger partial charge < -0.3 is 19.4 Å². The van der Waals surface area contributed by atoms with Crippen molar-refractivity contribution in [1.82, 2.24) is 14.9 Å². The van der Waals surface area contributed by atoms with E-state index in [1.54, 1.807) is 4.90 Å². The largest absolute Gasteiger partial charge is 0.458 e. The van der Waals surface area contributed by atoms with Gasteiger partial charge in [-0.3, -0.25) is 4.98 Å². The number of halogens is 6. The molecule has 6 rings (SSSR count). The molecule has 0 unspecified atom stereocenters. The number of anilines is 2. The molecular weight excluding hydrogens is 650 g/mol. The van der Waals surface area contributed by atoms with Gasteiger partial charge in [0.2, 0.25) is 0 Å². The number of piperidine rings is 2. The minimum Gasteiger partial charge on any atom is -0.458 e. The zero-order chi connectivity index (χ0) is 36.2. The summed E-state index contributed by atoms with van der Waals surface area (Å²) in [6.45, 7) is 3.93. The van der Waals surface area contributed by atoms with E-state index in [4.69, 9.17) is 44.0 Å². The lowest BCUT2D eigenvalue weighted by molar-refractivity contribution is -0.138. The number of ether oxygens (including phenoxy) is 1. The lowest BCUT2D eigenvalue weighted by Gasteiger charge is -2.49. The van der Waals surface area contributed by atoms with Crippen molar-refractivity contribution in [2.75, 3.05) is 55.6 Å². The first-order valence-corrected chi connectivity index (χ1v) is 16.3. The Morgan fingerprint density at radius 1 is 0.880 bits per heavy atom. The fraction of sp³-hybridized carbons (Fsp3) is 0.455. The summed E-state index contributed by atoms with van der Waals surface area (Å²) in [7, 11) is 30.0. The van der Waals surface area contributed by atoms with Gasteiger partial charge in [-0.05, 0) is 68.9 Å². The number of aromatic nitrogens is 2. The first kappa shape index (κ1) is 36.3. The van der Waals surface area contributed by atoms with E-state index in [2.05, 4.69) is 21.8 Å². The van der Waals surface area contributed by atoms with E-state index in [-0.39, 0.29) is 62.0 Å². The summed E-state index contributed by atoms with van der Waals surface area (Å²) in [5.41, 5.74) is -3.31. The molecule has 0 amide bonds. The van der Waals surface area contributed by atoms with Crippen LogP contribution in [0, 0.1) is 5.41 Å². The molecule has 1 aromatic heterocycles. The van der Waals surface area contributed by atoms with Crippen molar-refractivity contribution in [2.45, 2.75) is 44.7 Å². The average Bonchev–Trinajstić information content (AvgIpc) is 3.07. The van der Waals surface area contributed by atoms with E-state index in [1.165, 1.54) is 17.2 Å². The molecule has 0 N–H and O–H groups in total. The van der Waals surface area contributed by atoms with Gasteiger partial charge in [-0.25, -0.2) is 18.2 Å². The van der Waals surface area contributed by atoms with Crippen molar-refractivity contribution >= 4 is 90.0 Å². The summed E-state index contributed by atoms with van der Waals surface area (Å²) in [6.07, 6.45) is 1.26. The molecule has 0 atom stereocenters. The van der Waals surface area contributed by atoms with Crippen molar-refractivity contribution in [3.8, 4) is 11.5 Å². The van der Waals surface area contributed by atoms with Crippen LogP contribution in [0.25, 0.3) is 11.9 Å². The molecule has 3 aliphatic heterocycles. The molecule has 50 heavy (non-hydrogen) atoms. The molecule has 0 saturated carbocycles. The van der Waals surface area contributed by atoms with Gasteiger partial charge in [0.1, 0.15) is 67.8 Å². The minimum atomic E-state index is -5.02. The van der Waals surface area contributed by atoms with Crippen molar-refractivity contribution in [2.24, 2.45) is 5.41 Å². The SMILES string of the molecule is [B]c1c([B])c([B])c(Oc2ccc(/C=C(\F)c3cncc(N4CC(F)(F)C4)n3)c(N3CCCC4(CCN(CC)CC4)C3)c2C(F)(F)F)c([B])c1[B]. The lowest BCUT2D eigenvalue weighted by atomic mass is 9.62. The second kappa shape index (κ2) is 13.6. The number of rotatable bonds is 7. The minimum absolute atomic E-state index is 0.0190. The van der Waals surface area contributed by atoms with E-state index >= 15 is 17.6 Å².